The van der Waals surface area contributed by atoms with Gasteiger partial charge in [-0.2, -0.15) is 5.10 Å². The molecule has 134 valence electrons. The number of piperidine rings is 1. The fraction of sp³-hybridized carbons (Fsp3) is 0.500. The topological polar surface area (TPSA) is 113 Å². The Kier molecular flexibility index (Phi) is 4.34. The van der Waals surface area contributed by atoms with E-state index in [1.54, 1.807) is 37.2 Å². The summed E-state index contributed by atoms with van der Waals surface area (Å²) in [6.45, 7) is 3.81. The number of aliphatic hydroxyl groups is 1. The van der Waals surface area contributed by atoms with E-state index in [0.717, 1.165) is 0 Å². The van der Waals surface area contributed by atoms with Gasteiger partial charge in [0.15, 0.2) is 0 Å². The number of likely N-dealkylation sites (tertiary alicyclic amines) is 1. The molecule has 9 nitrogen and oxygen atoms in total. The van der Waals surface area contributed by atoms with E-state index in [9.17, 15) is 19.5 Å². The molecule has 0 bridgehead atoms. The first-order valence-electron chi connectivity index (χ1n) is 8.07. The number of hydrogen-bond donors (Lipinski definition) is 2. The molecule has 0 unspecified atom stereocenters. The van der Waals surface area contributed by atoms with Gasteiger partial charge in [-0.05, 0) is 26.3 Å². The lowest BCUT2D eigenvalue weighted by molar-refractivity contribution is -0.141. The van der Waals surface area contributed by atoms with Gasteiger partial charge in [-0.15, -0.1) is 0 Å². The van der Waals surface area contributed by atoms with E-state index in [0.29, 0.717) is 18.5 Å². The molecule has 0 aliphatic carbocycles. The maximum atomic E-state index is 12.4. The number of carbonyl (C=O) groups excluding carboxylic acids is 1. The van der Waals surface area contributed by atoms with Crippen LogP contribution in [-0.4, -0.2) is 53.9 Å². The molecule has 2 aromatic rings. The van der Waals surface area contributed by atoms with Crippen molar-refractivity contribution in [2.24, 2.45) is 0 Å². The molecule has 2 aromatic heterocycles. The van der Waals surface area contributed by atoms with Gasteiger partial charge in [-0.25, -0.2) is 4.79 Å². The third kappa shape index (κ3) is 3.41. The largest absolute Gasteiger partial charge is 0.386 e. The van der Waals surface area contributed by atoms with E-state index in [-0.39, 0.29) is 19.0 Å². The van der Waals surface area contributed by atoms with Crippen molar-refractivity contribution < 1.29 is 9.90 Å². The lowest BCUT2D eigenvalue weighted by atomic mass is 9.88. The highest BCUT2D eigenvalue weighted by Crippen LogP contribution is 2.30. The number of aromatic nitrogens is 4. The smallest absolute Gasteiger partial charge is 0.328 e. The van der Waals surface area contributed by atoms with Gasteiger partial charge in [0.05, 0.1) is 12.6 Å². The zero-order chi connectivity index (χ0) is 18.2. The number of aromatic amines is 1. The number of H-pyrrole nitrogens is 1. The number of hydrogen-bond acceptors (Lipinski definition) is 5. The monoisotopic (exact) mass is 347 g/mol. The Morgan fingerprint density at radius 3 is 2.88 bits per heavy atom. The maximum Gasteiger partial charge on any atom is 0.328 e. The minimum atomic E-state index is -1.30. The molecule has 1 aliphatic heterocycles. The molecule has 0 saturated carbocycles. The third-order valence-electron chi connectivity index (χ3n) is 4.59. The van der Waals surface area contributed by atoms with Crippen molar-refractivity contribution >= 4 is 5.91 Å². The highest BCUT2D eigenvalue weighted by molar-refractivity contribution is 5.76. The molecule has 2 atom stereocenters. The Morgan fingerprint density at radius 2 is 2.24 bits per heavy atom. The third-order valence-corrected chi connectivity index (χ3v) is 4.59. The van der Waals surface area contributed by atoms with Crippen LogP contribution in [0.3, 0.4) is 0 Å². The van der Waals surface area contributed by atoms with Crippen LogP contribution in [-0.2, 0) is 11.3 Å². The number of carbonyl (C=O) groups is 1. The van der Waals surface area contributed by atoms with Crippen molar-refractivity contribution in [2.75, 3.05) is 13.1 Å². The molecule has 3 rings (SSSR count). The average Bonchev–Trinajstić information content (AvgIpc) is 3.03. The number of rotatable bonds is 3. The van der Waals surface area contributed by atoms with Crippen LogP contribution >= 0.6 is 0 Å². The number of nitrogens with one attached hydrogen (secondary N) is 1. The number of β-amino-alcohol motifs (C(OH)–C–C–N with tert-alkyl or cyclic N) is 1. The molecule has 1 aliphatic rings. The quantitative estimate of drug-likeness (QED) is 0.760. The summed E-state index contributed by atoms with van der Waals surface area (Å²) in [7, 11) is 0. The summed E-state index contributed by atoms with van der Waals surface area (Å²) in [4.78, 5) is 39.9. The molecule has 0 spiro atoms. The van der Waals surface area contributed by atoms with Crippen LogP contribution in [0.1, 0.15) is 24.9 Å². The number of aryl methyl sites for hydroxylation is 1. The number of amides is 1. The average molecular weight is 347 g/mol. The highest BCUT2D eigenvalue weighted by Gasteiger charge is 2.41. The number of nitrogens with zero attached hydrogens (tertiary/aromatic N) is 4. The van der Waals surface area contributed by atoms with Gasteiger partial charge < -0.3 is 10.0 Å². The normalized spacial score (nSPS) is 23.6. The van der Waals surface area contributed by atoms with Crippen LogP contribution in [0.5, 0.6) is 0 Å². The molecule has 9 heteroatoms. The second kappa shape index (κ2) is 6.32. The van der Waals surface area contributed by atoms with Crippen LogP contribution in [0.25, 0.3) is 0 Å². The summed E-state index contributed by atoms with van der Waals surface area (Å²) in [6, 6.07) is 1.21. The van der Waals surface area contributed by atoms with Gasteiger partial charge in [-0.1, -0.05) is 0 Å². The molecule has 0 aromatic carbocycles. The van der Waals surface area contributed by atoms with Gasteiger partial charge in [0, 0.05) is 30.7 Å². The fourth-order valence-corrected chi connectivity index (χ4v) is 3.26. The molecular formula is C16H21N5O4. The Bertz CT molecular complexity index is 881. The predicted octanol–water partition coefficient (Wildman–Crippen LogP) is -0.734. The molecule has 1 saturated heterocycles. The van der Waals surface area contributed by atoms with Gasteiger partial charge in [-0.3, -0.25) is 23.8 Å². The summed E-state index contributed by atoms with van der Waals surface area (Å²) in [6.07, 6.45) is 5.16. The second-order valence-electron chi connectivity index (χ2n) is 6.66. The summed E-state index contributed by atoms with van der Waals surface area (Å²) < 4.78 is 2.88. The fourth-order valence-electron chi connectivity index (χ4n) is 3.26. The minimum Gasteiger partial charge on any atom is -0.386 e. The Balaban J connectivity index is 1.79. The first kappa shape index (κ1) is 17.2. The Morgan fingerprint density at radius 1 is 1.48 bits per heavy atom. The molecule has 3 heterocycles. The lowest BCUT2D eigenvalue weighted by Gasteiger charge is -2.43. The first-order chi connectivity index (χ1) is 11.8. The Hall–Kier alpha value is -2.68. The van der Waals surface area contributed by atoms with Gasteiger partial charge in [0.2, 0.25) is 5.91 Å². The van der Waals surface area contributed by atoms with Gasteiger partial charge >= 0.3 is 5.69 Å². The van der Waals surface area contributed by atoms with Crippen molar-refractivity contribution in [3.63, 3.8) is 0 Å². The molecule has 1 amide bonds. The van der Waals surface area contributed by atoms with Gasteiger partial charge in [0.1, 0.15) is 12.1 Å². The van der Waals surface area contributed by atoms with Crippen molar-refractivity contribution in [2.45, 2.75) is 38.5 Å². The van der Waals surface area contributed by atoms with Crippen molar-refractivity contribution in [1.82, 2.24) is 24.2 Å². The summed E-state index contributed by atoms with van der Waals surface area (Å²) in [5.74, 6) is -0.146. The SMILES string of the molecule is Cc1cn([C@H]2CCN(C(=O)Cn3cccn3)C[C@]2(C)O)c(=O)[nH]c1=O. The standard InChI is InChI=1S/C16H21N5O4/c1-11-8-21(15(24)18-14(11)23)12-4-7-19(10-16(12,2)25)13(22)9-20-6-3-5-17-20/h3,5-6,8,12,25H,4,7,9-10H2,1-2H3,(H,18,23,24)/t12-,16-/m0/s1. The zero-order valence-corrected chi connectivity index (χ0v) is 14.2. The summed E-state index contributed by atoms with van der Waals surface area (Å²) in [5.41, 5.74) is -1.90. The molecule has 25 heavy (non-hydrogen) atoms. The minimum absolute atomic E-state index is 0.0996. The van der Waals surface area contributed by atoms with E-state index < -0.39 is 22.9 Å². The van der Waals surface area contributed by atoms with Crippen LogP contribution in [0.4, 0.5) is 0 Å². The summed E-state index contributed by atoms with van der Waals surface area (Å²) in [5, 5.41) is 14.9. The van der Waals surface area contributed by atoms with E-state index in [2.05, 4.69) is 10.1 Å². The summed E-state index contributed by atoms with van der Waals surface area (Å²) >= 11 is 0. The molecule has 0 radical (unpaired) electrons. The maximum absolute atomic E-state index is 12.4. The van der Waals surface area contributed by atoms with Crippen LogP contribution in [0.15, 0.2) is 34.2 Å². The predicted molar refractivity (Wildman–Crippen MR) is 89.1 cm³/mol. The second-order valence-corrected chi connectivity index (χ2v) is 6.66. The van der Waals surface area contributed by atoms with E-state index in [1.165, 1.54) is 15.4 Å². The Labute approximate surface area is 143 Å². The highest BCUT2D eigenvalue weighted by atomic mass is 16.3. The van der Waals surface area contributed by atoms with Crippen LogP contribution in [0.2, 0.25) is 0 Å². The first-order valence-corrected chi connectivity index (χ1v) is 8.07. The molecular weight excluding hydrogens is 326 g/mol. The lowest BCUT2D eigenvalue weighted by Crippen LogP contribution is -2.56. The van der Waals surface area contributed by atoms with Crippen molar-refractivity contribution in [1.29, 1.82) is 0 Å². The van der Waals surface area contributed by atoms with Gasteiger partial charge in [0.25, 0.3) is 5.56 Å². The van der Waals surface area contributed by atoms with E-state index >= 15 is 0 Å². The van der Waals surface area contributed by atoms with E-state index in [1.807, 2.05) is 0 Å². The van der Waals surface area contributed by atoms with Crippen LogP contribution < -0.4 is 11.2 Å². The zero-order valence-electron chi connectivity index (χ0n) is 14.2. The van der Waals surface area contributed by atoms with Crippen LogP contribution in [0, 0.1) is 6.92 Å². The van der Waals surface area contributed by atoms with Crippen molar-refractivity contribution in [3.8, 4) is 0 Å². The molecule has 2 N–H and O–H groups in total. The van der Waals surface area contributed by atoms with E-state index in [4.69, 9.17) is 0 Å². The van der Waals surface area contributed by atoms with Crippen molar-refractivity contribution in [3.05, 3.63) is 51.1 Å². The molecule has 1 fully saturated rings.